The highest BCUT2D eigenvalue weighted by molar-refractivity contribution is 6.39. The molecule has 2 amide bonds. The van der Waals surface area contributed by atoms with Gasteiger partial charge in [-0.2, -0.15) is 0 Å². The van der Waals surface area contributed by atoms with Crippen LogP contribution in [0.15, 0.2) is 36.5 Å². The van der Waals surface area contributed by atoms with Crippen molar-refractivity contribution >= 4 is 17.5 Å². The van der Waals surface area contributed by atoms with Gasteiger partial charge in [-0.1, -0.05) is 19.1 Å². The number of aromatic nitrogens is 1. The van der Waals surface area contributed by atoms with E-state index in [0.29, 0.717) is 18.6 Å². The summed E-state index contributed by atoms with van der Waals surface area (Å²) in [5.74, 6) is -1.65. The van der Waals surface area contributed by atoms with Gasteiger partial charge >= 0.3 is 11.8 Å². The summed E-state index contributed by atoms with van der Waals surface area (Å²) in [6.07, 6.45) is 2.85. The standard InChI is InChI=1S/C21H24FN3O4/c1-13-8-9-14-15(5-3-6-16(14)22)18(13)25-20(27)19(26)24-17-7-4-10-23-21(17)29-12-11-28-2/h3-7,10,13,18H,8-9,11-12H2,1-2H3,(H,24,26)(H,25,27)/t13-,18-/m0/s1. The van der Waals surface area contributed by atoms with Crippen molar-refractivity contribution in [1.82, 2.24) is 10.3 Å². The molecule has 2 N–H and O–H groups in total. The summed E-state index contributed by atoms with van der Waals surface area (Å²) < 4.78 is 24.5. The van der Waals surface area contributed by atoms with Crippen LogP contribution in [0.25, 0.3) is 0 Å². The number of carbonyl (C=O) groups is 2. The van der Waals surface area contributed by atoms with Crippen LogP contribution < -0.4 is 15.4 Å². The van der Waals surface area contributed by atoms with Crippen LogP contribution in [0.1, 0.15) is 30.5 Å². The van der Waals surface area contributed by atoms with Crippen LogP contribution in [-0.4, -0.2) is 37.1 Å². The van der Waals surface area contributed by atoms with Gasteiger partial charge in [0.1, 0.15) is 18.1 Å². The van der Waals surface area contributed by atoms with Crippen molar-refractivity contribution in [1.29, 1.82) is 0 Å². The summed E-state index contributed by atoms with van der Waals surface area (Å²) >= 11 is 0. The fraction of sp³-hybridized carbons (Fsp3) is 0.381. The van der Waals surface area contributed by atoms with E-state index in [0.717, 1.165) is 12.0 Å². The van der Waals surface area contributed by atoms with E-state index >= 15 is 0 Å². The lowest BCUT2D eigenvalue weighted by molar-refractivity contribution is -0.136. The van der Waals surface area contributed by atoms with Gasteiger partial charge in [0, 0.05) is 13.3 Å². The Hall–Kier alpha value is -3.00. The first kappa shape index (κ1) is 20.7. The maximum atomic E-state index is 14.1. The Labute approximate surface area is 168 Å². The minimum absolute atomic E-state index is 0.0763. The molecular formula is C21H24FN3O4. The van der Waals surface area contributed by atoms with Gasteiger partial charge in [0.05, 0.1) is 12.6 Å². The fourth-order valence-corrected chi connectivity index (χ4v) is 3.40. The van der Waals surface area contributed by atoms with Crippen LogP contribution in [0.3, 0.4) is 0 Å². The Bertz CT molecular complexity index is 890. The van der Waals surface area contributed by atoms with Crippen LogP contribution in [0.2, 0.25) is 0 Å². The molecule has 1 aliphatic carbocycles. The first-order valence-corrected chi connectivity index (χ1v) is 9.47. The summed E-state index contributed by atoms with van der Waals surface area (Å²) in [5, 5.41) is 5.27. The quantitative estimate of drug-likeness (QED) is 0.574. The summed E-state index contributed by atoms with van der Waals surface area (Å²) in [7, 11) is 1.55. The van der Waals surface area contributed by atoms with Crippen molar-refractivity contribution in [2.45, 2.75) is 25.8 Å². The van der Waals surface area contributed by atoms with Gasteiger partial charge in [-0.25, -0.2) is 9.37 Å². The zero-order chi connectivity index (χ0) is 20.8. The number of benzene rings is 1. The molecule has 1 aliphatic rings. The van der Waals surface area contributed by atoms with Crippen LogP contribution in [0, 0.1) is 11.7 Å². The minimum atomic E-state index is -0.842. The Balaban J connectivity index is 1.69. The number of anilines is 1. The van der Waals surface area contributed by atoms with Gasteiger partial charge in [0.2, 0.25) is 5.88 Å². The van der Waals surface area contributed by atoms with E-state index in [-0.39, 0.29) is 29.9 Å². The van der Waals surface area contributed by atoms with Crippen molar-refractivity contribution in [2.24, 2.45) is 5.92 Å². The molecule has 29 heavy (non-hydrogen) atoms. The molecule has 2 atom stereocenters. The number of carbonyl (C=O) groups excluding carboxylic acids is 2. The van der Waals surface area contributed by atoms with Gasteiger partial charge < -0.3 is 20.1 Å². The lowest BCUT2D eigenvalue weighted by Gasteiger charge is -2.32. The third-order valence-corrected chi connectivity index (χ3v) is 4.95. The predicted octanol–water partition coefficient (Wildman–Crippen LogP) is 2.62. The van der Waals surface area contributed by atoms with Crippen molar-refractivity contribution in [3.8, 4) is 5.88 Å². The molecule has 0 bridgehead atoms. The molecule has 0 spiro atoms. The monoisotopic (exact) mass is 401 g/mol. The summed E-state index contributed by atoms with van der Waals surface area (Å²) in [4.78, 5) is 29.0. The Kier molecular flexibility index (Phi) is 6.77. The summed E-state index contributed by atoms with van der Waals surface area (Å²) in [5.41, 5.74) is 1.60. The SMILES string of the molecule is COCCOc1ncccc1NC(=O)C(=O)N[C@@H]1c2cccc(F)c2CC[C@@H]1C. The van der Waals surface area contributed by atoms with E-state index in [1.54, 1.807) is 31.4 Å². The second-order valence-electron chi connectivity index (χ2n) is 6.93. The molecule has 8 heteroatoms. The summed E-state index contributed by atoms with van der Waals surface area (Å²) in [6, 6.07) is 7.60. The highest BCUT2D eigenvalue weighted by atomic mass is 19.1. The number of pyridine rings is 1. The lowest BCUT2D eigenvalue weighted by Crippen LogP contribution is -2.41. The van der Waals surface area contributed by atoms with E-state index in [1.807, 2.05) is 6.92 Å². The molecule has 0 aliphatic heterocycles. The second-order valence-corrected chi connectivity index (χ2v) is 6.93. The van der Waals surface area contributed by atoms with Crippen molar-refractivity contribution in [3.63, 3.8) is 0 Å². The highest BCUT2D eigenvalue weighted by Crippen LogP contribution is 2.35. The Morgan fingerprint density at radius 2 is 2.03 bits per heavy atom. The average Bonchev–Trinajstić information content (AvgIpc) is 2.71. The van der Waals surface area contributed by atoms with Gasteiger partial charge in [0.25, 0.3) is 0 Å². The van der Waals surface area contributed by atoms with E-state index in [1.165, 1.54) is 12.3 Å². The molecule has 0 saturated heterocycles. The van der Waals surface area contributed by atoms with Crippen LogP contribution >= 0.6 is 0 Å². The normalized spacial score (nSPS) is 17.9. The van der Waals surface area contributed by atoms with Crippen LogP contribution in [-0.2, 0) is 20.7 Å². The topological polar surface area (TPSA) is 89.6 Å². The Morgan fingerprint density at radius 1 is 1.21 bits per heavy atom. The molecule has 154 valence electrons. The molecule has 3 rings (SSSR count). The molecule has 0 radical (unpaired) electrons. The number of hydrogen-bond donors (Lipinski definition) is 2. The van der Waals surface area contributed by atoms with Gasteiger partial charge in [0.15, 0.2) is 0 Å². The molecule has 0 fully saturated rings. The molecule has 1 aromatic carbocycles. The number of halogens is 1. The molecule has 1 aromatic heterocycles. The zero-order valence-corrected chi connectivity index (χ0v) is 16.4. The molecule has 0 unspecified atom stereocenters. The molecular weight excluding hydrogens is 377 g/mol. The highest BCUT2D eigenvalue weighted by Gasteiger charge is 2.31. The molecule has 7 nitrogen and oxygen atoms in total. The van der Waals surface area contributed by atoms with Crippen LogP contribution in [0.4, 0.5) is 10.1 Å². The average molecular weight is 401 g/mol. The van der Waals surface area contributed by atoms with E-state index < -0.39 is 17.9 Å². The maximum Gasteiger partial charge on any atom is 0.313 e. The van der Waals surface area contributed by atoms with Crippen molar-refractivity contribution < 1.29 is 23.5 Å². The van der Waals surface area contributed by atoms with E-state index in [4.69, 9.17) is 9.47 Å². The first-order valence-electron chi connectivity index (χ1n) is 9.47. The number of ether oxygens (including phenoxy) is 2. The third kappa shape index (κ3) is 4.89. The minimum Gasteiger partial charge on any atom is -0.474 e. The Morgan fingerprint density at radius 3 is 2.83 bits per heavy atom. The molecule has 0 saturated carbocycles. The molecule has 2 aromatic rings. The lowest BCUT2D eigenvalue weighted by atomic mass is 9.80. The van der Waals surface area contributed by atoms with Gasteiger partial charge in [-0.15, -0.1) is 0 Å². The second kappa shape index (κ2) is 9.47. The van der Waals surface area contributed by atoms with E-state index in [9.17, 15) is 14.0 Å². The van der Waals surface area contributed by atoms with Crippen LogP contribution in [0.5, 0.6) is 5.88 Å². The third-order valence-electron chi connectivity index (χ3n) is 4.95. The summed E-state index contributed by atoms with van der Waals surface area (Å²) in [6.45, 7) is 2.59. The maximum absolute atomic E-state index is 14.1. The largest absolute Gasteiger partial charge is 0.474 e. The fourth-order valence-electron chi connectivity index (χ4n) is 3.40. The number of amides is 2. The first-order chi connectivity index (χ1) is 14.0. The zero-order valence-electron chi connectivity index (χ0n) is 16.4. The number of rotatable bonds is 6. The smallest absolute Gasteiger partial charge is 0.313 e. The van der Waals surface area contributed by atoms with Crippen molar-refractivity contribution in [3.05, 3.63) is 53.5 Å². The number of methoxy groups -OCH3 is 1. The van der Waals surface area contributed by atoms with E-state index in [2.05, 4.69) is 15.6 Å². The number of fused-ring (bicyclic) bond motifs is 1. The van der Waals surface area contributed by atoms with Gasteiger partial charge in [-0.05, 0) is 48.1 Å². The van der Waals surface area contributed by atoms with Gasteiger partial charge in [-0.3, -0.25) is 9.59 Å². The van der Waals surface area contributed by atoms with Crippen molar-refractivity contribution in [2.75, 3.05) is 25.6 Å². The predicted molar refractivity (Wildman–Crippen MR) is 105 cm³/mol. The number of nitrogens with one attached hydrogen (secondary N) is 2. The number of nitrogens with zero attached hydrogens (tertiary/aromatic N) is 1. The number of hydrogen-bond acceptors (Lipinski definition) is 5. The molecule has 1 heterocycles.